The number of rotatable bonds is 6. The van der Waals surface area contributed by atoms with E-state index in [0.29, 0.717) is 13.0 Å². The molecule has 1 saturated heterocycles. The highest BCUT2D eigenvalue weighted by Gasteiger charge is 2.39. The number of aryl methyl sites for hydroxylation is 1. The van der Waals surface area contributed by atoms with Gasteiger partial charge >= 0.3 is 0 Å². The highest BCUT2D eigenvalue weighted by molar-refractivity contribution is 8.15. The van der Waals surface area contributed by atoms with Gasteiger partial charge in [-0.2, -0.15) is 0 Å². The first-order valence-electron chi connectivity index (χ1n) is 7.11. The summed E-state index contributed by atoms with van der Waals surface area (Å²) >= 11 is 1.13. The maximum atomic E-state index is 12.2. The highest BCUT2D eigenvalue weighted by atomic mass is 32.2. The van der Waals surface area contributed by atoms with Crippen LogP contribution in [0.1, 0.15) is 37.9 Å². The number of hydrogen-bond acceptors (Lipinski definition) is 4. The number of imide groups is 1. The molecule has 0 aromatic carbocycles. The molecule has 0 saturated carbocycles. The topological polar surface area (TPSA) is 50.3 Å². The summed E-state index contributed by atoms with van der Waals surface area (Å²) in [6.45, 7) is 4.67. The molecule has 1 unspecified atom stereocenters. The molecule has 0 N–H and O–H groups in total. The zero-order chi connectivity index (χ0) is 14.5. The van der Waals surface area contributed by atoms with E-state index >= 15 is 0 Å². The predicted octanol–water partition coefficient (Wildman–Crippen LogP) is 3.05. The molecule has 1 aliphatic heterocycles. The molecule has 5 heteroatoms. The Kier molecular flexibility index (Phi) is 5.17. The van der Waals surface area contributed by atoms with E-state index in [9.17, 15) is 9.59 Å². The summed E-state index contributed by atoms with van der Waals surface area (Å²) in [4.78, 5) is 29.8. The Bertz CT molecular complexity index is 487. The molecule has 4 nitrogen and oxygen atoms in total. The molecule has 2 amide bonds. The number of hydrogen-bond donors (Lipinski definition) is 0. The minimum absolute atomic E-state index is 0.0604. The maximum Gasteiger partial charge on any atom is 0.289 e. The van der Waals surface area contributed by atoms with Crippen molar-refractivity contribution < 1.29 is 9.59 Å². The van der Waals surface area contributed by atoms with E-state index in [4.69, 9.17) is 0 Å². The SMILES string of the molecule is CCCCN1C(=O)SC(Cc2ccc(CC)cn2)C1=O. The molecule has 20 heavy (non-hydrogen) atoms. The molecular formula is C15H20N2O2S. The summed E-state index contributed by atoms with van der Waals surface area (Å²) in [5.41, 5.74) is 2.05. The Balaban J connectivity index is 1.99. The molecule has 2 rings (SSSR count). The van der Waals surface area contributed by atoms with Gasteiger partial charge in [0.05, 0.1) is 5.25 Å². The molecule has 0 radical (unpaired) electrons. The van der Waals surface area contributed by atoms with Gasteiger partial charge < -0.3 is 0 Å². The third-order valence-corrected chi connectivity index (χ3v) is 4.50. The normalized spacial score (nSPS) is 18.9. The van der Waals surface area contributed by atoms with Crippen LogP contribution in [0.5, 0.6) is 0 Å². The summed E-state index contributed by atoms with van der Waals surface area (Å²) < 4.78 is 0. The van der Waals surface area contributed by atoms with Gasteiger partial charge in [0.25, 0.3) is 5.24 Å². The van der Waals surface area contributed by atoms with E-state index in [2.05, 4.69) is 18.8 Å². The van der Waals surface area contributed by atoms with E-state index in [0.717, 1.165) is 36.7 Å². The van der Waals surface area contributed by atoms with Crippen LogP contribution in [0.4, 0.5) is 4.79 Å². The number of pyridine rings is 1. The Morgan fingerprint density at radius 1 is 1.30 bits per heavy atom. The molecule has 0 aliphatic carbocycles. The van der Waals surface area contributed by atoms with Gasteiger partial charge in [-0.3, -0.25) is 19.5 Å². The highest BCUT2D eigenvalue weighted by Crippen LogP contribution is 2.29. The second-order valence-corrected chi connectivity index (χ2v) is 6.09. The monoisotopic (exact) mass is 292 g/mol. The molecule has 1 fully saturated rings. The van der Waals surface area contributed by atoms with Crippen LogP contribution in [0.2, 0.25) is 0 Å². The fraction of sp³-hybridized carbons (Fsp3) is 0.533. The van der Waals surface area contributed by atoms with Crippen LogP contribution in [0.3, 0.4) is 0 Å². The molecule has 0 spiro atoms. The lowest BCUT2D eigenvalue weighted by Gasteiger charge is -2.12. The average molecular weight is 292 g/mol. The summed E-state index contributed by atoms with van der Waals surface area (Å²) in [5, 5.41) is -0.419. The number of thioether (sulfide) groups is 1. The van der Waals surface area contributed by atoms with Crippen molar-refractivity contribution in [3.63, 3.8) is 0 Å². The van der Waals surface area contributed by atoms with Gasteiger partial charge in [0.1, 0.15) is 0 Å². The van der Waals surface area contributed by atoms with Crippen molar-refractivity contribution in [2.75, 3.05) is 6.54 Å². The van der Waals surface area contributed by atoms with Crippen molar-refractivity contribution in [2.45, 2.75) is 44.8 Å². The van der Waals surface area contributed by atoms with E-state index < -0.39 is 0 Å². The first-order chi connectivity index (χ1) is 9.65. The number of carbonyl (C=O) groups excluding carboxylic acids is 2. The third-order valence-electron chi connectivity index (χ3n) is 3.43. The Labute approximate surface area is 124 Å². The van der Waals surface area contributed by atoms with Gasteiger partial charge in [-0.15, -0.1) is 0 Å². The van der Waals surface area contributed by atoms with Crippen LogP contribution in [-0.2, 0) is 17.6 Å². The summed E-state index contributed by atoms with van der Waals surface area (Å²) in [5.74, 6) is -0.0604. The minimum Gasteiger partial charge on any atom is -0.273 e. The van der Waals surface area contributed by atoms with E-state index in [-0.39, 0.29) is 16.4 Å². The largest absolute Gasteiger partial charge is 0.289 e. The van der Waals surface area contributed by atoms with Crippen molar-refractivity contribution in [1.82, 2.24) is 9.88 Å². The molecule has 1 atom stereocenters. The number of unbranched alkanes of at least 4 members (excludes halogenated alkanes) is 1. The van der Waals surface area contributed by atoms with Crippen LogP contribution < -0.4 is 0 Å². The molecular weight excluding hydrogens is 272 g/mol. The fourth-order valence-electron chi connectivity index (χ4n) is 2.12. The summed E-state index contributed by atoms with van der Waals surface area (Å²) in [6.07, 6.45) is 5.17. The lowest BCUT2D eigenvalue weighted by molar-refractivity contribution is -0.126. The number of aromatic nitrogens is 1. The first kappa shape index (κ1) is 15.0. The third kappa shape index (κ3) is 3.39. The number of nitrogens with zero attached hydrogens (tertiary/aromatic N) is 2. The van der Waals surface area contributed by atoms with Gasteiger partial charge in [0.15, 0.2) is 0 Å². The molecule has 108 valence electrons. The van der Waals surface area contributed by atoms with E-state index in [1.165, 1.54) is 10.5 Å². The molecule has 0 bridgehead atoms. The van der Waals surface area contributed by atoms with E-state index in [1.54, 1.807) is 0 Å². The Morgan fingerprint density at radius 3 is 2.70 bits per heavy atom. The van der Waals surface area contributed by atoms with Gasteiger partial charge in [0, 0.05) is 24.9 Å². The van der Waals surface area contributed by atoms with Crippen molar-refractivity contribution in [1.29, 1.82) is 0 Å². The standard InChI is InChI=1S/C15H20N2O2S/c1-3-5-8-17-14(18)13(20-15(17)19)9-12-7-6-11(4-2)10-16-12/h6-7,10,13H,3-5,8-9H2,1-2H3. The Morgan fingerprint density at radius 2 is 2.10 bits per heavy atom. The summed E-state index contributed by atoms with van der Waals surface area (Å²) in [7, 11) is 0. The maximum absolute atomic E-state index is 12.2. The number of amides is 2. The minimum atomic E-state index is -0.306. The second kappa shape index (κ2) is 6.88. The predicted molar refractivity (Wildman–Crippen MR) is 80.7 cm³/mol. The van der Waals surface area contributed by atoms with Crippen LogP contribution in [0, 0.1) is 0 Å². The number of carbonyl (C=O) groups is 2. The van der Waals surface area contributed by atoms with Crippen LogP contribution >= 0.6 is 11.8 Å². The van der Waals surface area contributed by atoms with Crippen LogP contribution in [-0.4, -0.2) is 32.8 Å². The average Bonchev–Trinajstić information content (AvgIpc) is 2.72. The Hall–Kier alpha value is -1.36. The van der Waals surface area contributed by atoms with Gasteiger partial charge in [-0.25, -0.2) is 0 Å². The van der Waals surface area contributed by atoms with E-state index in [1.807, 2.05) is 18.3 Å². The van der Waals surface area contributed by atoms with Crippen LogP contribution in [0.15, 0.2) is 18.3 Å². The van der Waals surface area contributed by atoms with Crippen LogP contribution in [0.25, 0.3) is 0 Å². The van der Waals surface area contributed by atoms with Crippen molar-refractivity contribution >= 4 is 22.9 Å². The van der Waals surface area contributed by atoms with Crippen molar-refractivity contribution in [2.24, 2.45) is 0 Å². The zero-order valence-electron chi connectivity index (χ0n) is 12.0. The first-order valence-corrected chi connectivity index (χ1v) is 7.99. The van der Waals surface area contributed by atoms with Gasteiger partial charge in [-0.05, 0) is 24.5 Å². The lowest BCUT2D eigenvalue weighted by atomic mass is 10.1. The van der Waals surface area contributed by atoms with Crippen molar-refractivity contribution in [3.8, 4) is 0 Å². The fourth-order valence-corrected chi connectivity index (χ4v) is 3.16. The summed E-state index contributed by atoms with van der Waals surface area (Å²) in [6, 6.07) is 3.98. The smallest absolute Gasteiger partial charge is 0.273 e. The van der Waals surface area contributed by atoms with Gasteiger partial charge in [0.2, 0.25) is 5.91 Å². The second-order valence-electron chi connectivity index (χ2n) is 4.93. The zero-order valence-corrected chi connectivity index (χ0v) is 12.8. The van der Waals surface area contributed by atoms with Gasteiger partial charge in [-0.1, -0.05) is 38.1 Å². The molecule has 1 aliphatic rings. The molecule has 1 aromatic heterocycles. The molecule has 2 heterocycles. The quantitative estimate of drug-likeness (QED) is 0.808. The lowest BCUT2D eigenvalue weighted by Crippen LogP contribution is -2.33. The molecule has 1 aromatic rings. The van der Waals surface area contributed by atoms with Crippen molar-refractivity contribution in [3.05, 3.63) is 29.6 Å².